The van der Waals surface area contributed by atoms with E-state index in [0.29, 0.717) is 12.1 Å². The number of likely N-dealkylation sites (N-methyl/N-ethyl adjacent to an activating group) is 1. The molecule has 1 rings (SSSR count). The molecule has 2 nitrogen and oxygen atoms in total. The van der Waals surface area contributed by atoms with Crippen molar-refractivity contribution in [2.45, 2.75) is 84.4 Å². The van der Waals surface area contributed by atoms with Gasteiger partial charge in [-0.2, -0.15) is 0 Å². The minimum absolute atomic E-state index is 0.134. The van der Waals surface area contributed by atoms with Gasteiger partial charge in [-0.3, -0.25) is 4.90 Å². The van der Waals surface area contributed by atoms with E-state index in [9.17, 15) is 5.11 Å². The molecule has 2 heteroatoms. The first-order valence-electron chi connectivity index (χ1n) is 7.24. The predicted molar refractivity (Wildman–Crippen MR) is 74.2 cm³/mol. The van der Waals surface area contributed by atoms with E-state index in [2.05, 4.69) is 39.6 Å². The fourth-order valence-corrected chi connectivity index (χ4v) is 2.82. The summed E-state index contributed by atoms with van der Waals surface area (Å²) in [6.07, 6.45) is 7.08. The number of rotatable bonds is 2. The van der Waals surface area contributed by atoms with Crippen LogP contribution in [-0.4, -0.2) is 35.2 Å². The van der Waals surface area contributed by atoms with Crippen LogP contribution >= 0.6 is 0 Å². The standard InChI is InChI=1S/C15H31NO/c1-12(15(2,3)4)16(5)13-10-8-6-7-9-11-14(13)17/h12-14,17H,6-11H2,1-5H3. The summed E-state index contributed by atoms with van der Waals surface area (Å²) in [6, 6.07) is 0.853. The summed E-state index contributed by atoms with van der Waals surface area (Å²) in [5.74, 6) is 0. The highest BCUT2D eigenvalue weighted by molar-refractivity contribution is 4.86. The van der Waals surface area contributed by atoms with Gasteiger partial charge in [0, 0.05) is 12.1 Å². The van der Waals surface area contributed by atoms with Crippen LogP contribution in [0.5, 0.6) is 0 Å². The summed E-state index contributed by atoms with van der Waals surface area (Å²) in [7, 11) is 2.19. The molecule has 102 valence electrons. The lowest BCUT2D eigenvalue weighted by Crippen LogP contribution is -2.50. The van der Waals surface area contributed by atoms with Crippen molar-refractivity contribution in [3.05, 3.63) is 0 Å². The quantitative estimate of drug-likeness (QED) is 0.800. The maximum atomic E-state index is 10.3. The van der Waals surface area contributed by atoms with Gasteiger partial charge < -0.3 is 5.11 Å². The van der Waals surface area contributed by atoms with E-state index in [1.54, 1.807) is 0 Å². The van der Waals surface area contributed by atoms with Crippen LogP contribution in [-0.2, 0) is 0 Å². The highest BCUT2D eigenvalue weighted by Crippen LogP contribution is 2.29. The largest absolute Gasteiger partial charge is 0.391 e. The highest BCUT2D eigenvalue weighted by Gasteiger charge is 2.32. The normalized spacial score (nSPS) is 29.8. The zero-order chi connectivity index (χ0) is 13.1. The zero-order valence-electron chi connectivity index (χ0n) is 12.4. The monoisotopic (exact) mass is 241 g/mol. The third-order valence-corrected chi connectivity index (χ3v) is 4.58. The SMILES string of the molecule is CC(N(C)C1CCCCCCC1O)C(C)(C)C. The zero-order valence-corrected chi connectivity index (χ0v) is 12.4. The molecule has 1 aliphatic rings. The van der Waals surface area contributed by atoms with Gasteiger partial charge in [-0.25, -0.2) is 0 Å². The van der Waals surface area contributed by atoms with Crippen LogP contribution in [0.25, 0.3) is 0 Å². The Kier molecular flexibility index (Phi) is 5.46. The molecule has 3 atom stereocenters. The van der Waals surface area contributed by atoms with E-state index in [-0.39, 0.29) is 11.5 Å². The molecule has 1 aliphatic carbocycles. The van der Waals surface area contributed by atoms with Gasteiger partial charge in [-0.15, -0.1) is 0 Å². The van der Waals surface area contributed by atoms with Crippen LogP contribution in [0.3, 0.4) is 0 Å². The third kappa shape index (κ3) is 4.26. The second-order valence-corrected chi connectivity index (χ2v) is 6.83. The Morgan fingerprint density at radius 1 is 1.06 bits per heavy atom. The molecule has 0 spiro atoms. The van der Waals surface area contributed by atoms with E-state index in [1.807, 2.05) is 0 Å². The topological polar surface area (TPSA) is 23.5 Å². The Hall–Kier alpha value is -0.0800. The van der Waals surface area contributed by atoms with E-state index >= 15 is 0 Å². The number of nitrogens with zero attached hydrogens (tertiary/aromatic N) is 1. The average Bonchev–Trinajstić information content (AvgIpc) is 2.21. The molecule has 3 unspecified atom stereocenters. The summed E-state index contributed by atoms with van der Waals surface area (Å²) in [5.41, 5.74) is 0.275. The summed E-state index contributed by atoms with van der Waals surface area (Å²) in [4.78, 5) is 2.41. The minimum Gasteiger partial charge on any atom is -0.391 e. The summed E-state index contributed by atoms with van der Waals surface area (Å²) >= 11 is 0. The number of hydrogen-bond acceptors (Lipinski definition) is 2. The fourth-order valence-electron chi connectivity index (χ4n) is 2.82. The van der Waals surface area contributed by atoms with Crippen molar-refractivity contribution >= 4 is 0 Å². The Labute approximate surface area is 107 Å². The molecule has 1 fully saturated rings. The van der Waals surface area contributed by atoms with Crippen LogP contribution in [0.2, 0.25) is 0 Å². The van der Waals surface area contributed by atoms with Gasteiger partial charge in [0.15, 0.2) is 0 Å². The molecule has 0 amide bonds. The van der Waals surface area contributed by atoms with Gasteiger partial charge >= 0.3 is 0 Å². The molecular formula is C15H31NO. The summed E-state index contributed by atoms with van der Waals surface area (Å²) < 4.78 is 0. The molecule has 0 aliphatic heterocycles. The summed E-state index contributed by atoms with van der Waals surface area (Å²) in [5, 5.41) is 10.3. The van der Waals surface area contributed by atoms with Crippen LogP contribution in [0.4, 0.5) is 0 Å². The number of hydrogen-bond donors (Lipinski definition) is 1. The van der Waals surface area contributed by atoms with Gasteiger partial charge in [0.05, 0.1) is 6.10 Å². The summed E-state index contributed by atoms with van der Waals surface area (Å²) in [6.45, 7) is 9.13. The second-order valence-electron chi connectivity index (χ2n) is 6.83. The number of aliphatic hydroxyl groups is 1. The first-order valence-corrected chi connectivity index (χ1v) is 7.24. The lowest BCUT2D eigenvalue weighted by molar-refractivity contribution is 0.00199. The molecule has 0 heterocycles. The Morgan fingerprint density at radius 2 is 1.59 bits per heavy atom. The van der Waals surface area contributed by atoms with E-state index in [1.165, 1.54) is 25.7 Å². The predicted octanol–water partition coefficient (Wildman–Crippen LogP) is 3.44. The highest BCUT2D eigenvalue weighted by atomic mass is 16.3. The van der Waals surface area contributed by atoms with Gasteiger partial charge in [0.1, 0.15) is 0 Å². The van der Waals surface area contributed by atoms with Gasteiger partial charge in [0.25, 0.3) is 0 Å². The third-order valence-electron chi connectivity index (χ3n) is 4.58. The lowest BCUT2D eigenvalue weighted by atomic mass is 9.84. The Balaban J connectivity index is 2.66. The van der Waals surface area contributed by atoms with Crippen molar-refractivity contribution in [1.82, 2.24) is 4.90 Å². The molecule has 0 saturated heterocycles. The van der Waals surface area contributed by atoms with E-state index < -0.39 is 0 Å². The average molecular weight is 241 g/mol. The molecule has 0 aromatic heterocycles. The second kappa shape index (κ2) is 6.19. The smallest absolute Gasteiger partial charge is 0.0695 e. The number of aliphatic hydroxyl groups excluding tert-OH is 1. The van der Waals surface area contributed by atoms with Crippen molar-refractivity contribution in [1.29, 1.82) is 0 Å². The Bertz CT molecular complexity index is 221. The molecule has 1 saturated carbocycles. The molecule has 0 bridgehead atoms. The van der Waals surface area contributed by atoms with E-state index in [0.717, 1.165) is 12.8 Å². The van der Waals surface area contributed by atoms with Gasteiger partial charge in [0.2, 0.25) is 0 Å². The molecule has 0 aromatic carbocycles. The van der Waals surface area contributed by atoms with Gasteiger partial charge in [-0.1, -0.05) is 46.5 Å². The molecule has 1 N–H and O–H groups in total. The van der Waals surface area contributed by atoms with Crippen molar-refractivity contribution in [3.63, 3.8) is 0 Å². The molecule has 0 radical (unpaired) electrons. The minimum atomic E-state index is -0.134. The molecule has 0 aromatic rings. The fraction of sp³-hybridized carbons (Fsp3) is 1.00. The van der Waals surface area contributed by atoms with Crippen molar-refractivity contribution in [2.24, 2.45) is 5.41 Å². The first-order chi connectivity index (χ1) is 7.84. The van der Waals surface area contributed by atoms with Crippen molar-refractivity contribution in [3.8, 4) is 0 Å². The van der Waals surface area contributed by atoms with E-state index in [4.69, 9.17) is 0 Å². The lowest BCUT2D eigenvalue weighted by Gasteiger charge is -2.42. The first kappa shape index (κ1) is 15.0. The van der Waals surface area contributed by atoms with Crippen molar-refractivity contribution in [2.75, 3.05) is 7.05 Å². The van der Waals surface area contributed by atoms with Crippen LogP contribution in [0.1, 0.15) is 66.2 Å². The molecule has 17 heavy (non-hydrogen) atoms. The van der Waals surface area contributed by atoms with Crippen LogP contribution < -0.4 is 0 Å². The maximum Gasteiger partial charge on any atom is 0.0695 e. The Morgan fingerprint density at radius 3 is 2.12 bits per heavy atom. The molecular weight excluding hydrogens is 210 g/mol. The maximum absolute atomic E-state index is 10.3. The van der Waals surface area contributed by atoms with Crippen molar-refractivity contribution < 1.29 is 5.11 Å². The van der Waals surface area contributed by atoms with Crippen LogP contribution in [0, 0.1) is 5.41 Å². The van der Waals surface area contributed by atoms with Gasteiger partial charge in [-0.05, 0) is 32.2 Å². The van der Waals surface area contributed by atoms with Crippen LogP contribution in [0.15, 0.2) is 0 Å².